The SMILES string of the molecule is C=CC1CC1NC(=O)C1CC(Oc2nccc3cc(OC)ccc23)CN1C(=O)C(CCC(=O)C=CC(C)(C)C)NC(=O)OC(C)(C)C. The quantitative estimate of drug-likeness (QED) is 0.239. The monoisotopic (exact) mass is 648 g/mol. The van der Waals surface area contributed by atoms with Gasteiger partial charge in [0.2, 0.25) is 17.7 Å². The third-order valence-corrected chi connectivity index (χ3v) is 7.97. The summed E-state index contributed by atoms with van der Waals surface area (Å²) >= 11 is 0. The van der Waals surface area contributed by atoms with Crippen molar-refractivity contribution in [1.29, 1.82) is 0 Å². The Morgan fingerprint density at radius 3 is 2.49 bits per heavy atom. The molecule has 2 heterocycles. The minimum Gasteiger partial charge on any atom is -0.497 e. The minimum absolute atomic E-state index is 0.00981. The lowest BCUT2D eigenvalue weighted by molar-refractivity contribution is -0.140. The number of fused-ring (bicyclic) bond motifs is 1. The number of rotatable bonds is 12. The maximum atomic E-state index is 14.2. The van der Waals surface area contributed by atoms with Crippen LogP contribution in [0.1, 0.15) is 67.2 Å². The van der Waals surface area contributed by atoms with Gasteiger partial charge in [0.25, 0.3) is 0 Å². The zero-order valence-electron chi connectivity index (χ0n) is 28.5. The van der Waals surface area contributed by atoms with E-state index >= 15 is 0 Å². The number of carbonyl (C=O) groups excluding carboxylic acids is 4. The number of methoxy groups -OCH3 is 1. The maximum absolute atomic E-state index is 14.2. The van der Waals surface area contributed by atoms with Crippen molar-refractivity contribution in [1.82, 2.24) is 20.5 Å². The first-order valence-electron chi connectivity index (χ1n) is 16.1. The van der Waals surface area contributed by atoms with E-state index in [4.69, 9.17) is 14.2 Å². The van der Waals surface area contributed by atoms with Gasteiger partial charge in [-0.2, -0.15) is 0 Å². The van der Waals surface area contributed by atoms with Crippen molar-refractivity contribution in [3.8, 4) is 11.6 Å². The molecule has 2 aromatic rings. The molecule has 0 bridgehead atoms. The molecule has 0 radical (unpaired) electrons. The average Bonchev–Trinajstić information content (AvgIpc) is 3.61. The summed E-state index contributed by atoms with van der Waals surface area (Å²) in [5.41, 5.74) is -0.999. The van der Waals surface area contributed by atoms with Gasteiger partial charge in [0.15, 0.2) is 5.78 Å². The van der Waals surface area contributed by atoms with E-state index < -0.39 is 35.8 Å². The number of alkyl carbamates (subject to hydrolysis) is 1. The summed E-state index contributed by atoms with van der Waals surface area (Å²) < 4.78 is 17.2. The lowest BCUT2D eigenvalue weighted by atomic mass is 9.95. The Morgan fingerprint density at radius 1 is 1.11 bits per heavy atom. The molecule has 2 fully saturated rings. The number of likely N-dealkylation sites (tertiary alicyclic amines) is 1. The molecule has 5 unspecified atom stereocenters. The predicted molar refractivity (Wildman–Crippen MR) is 179 cm³/mol. The van der Waals surface area contributed by atoms with Crippen molar-refractivity contribution in [2.45, 2.75) is 97.1 Å². The minimum atomic E-state index is -1.11. The Labute approximate surface area is 277 Å². The van der Waals surface area contributed by atoms with Gasteiger partial charge in [0, 0.05) is 30.5 Å². The predicted octanol–water partition coefficient (Wildman–Crippen LogP) is 5.13. The van der Waals surface area contributed by atoms with Crippen LogP contribution < -0.4 is 20.1 Å². The van der Waals surface area contributed by atoms with Crippen molar-refractivity contribution >= 4 is 34.5 Å². The van der Waals surface area contributed by atoms with Crippen LogP contribution >= 0.6 is 0 Å². The van der Waals surface area contributed by atoms with Gasteiger partial charge in [0.05, 0.1) is 13.7 Å². The highest BCUT2D eigenvalue weighted by Crippen LogP contribution is 2.33. The first kappa shape index (κ1) is 35.4. The van der Waals surface area contributed by atoms with E-state index in [-0.39, 0.29) is 54.9 Å². The van der Waals surface area contributed by atoms with Crippen molar-refractivity contribution in [3.05, 3.63) is 55.3 Å². The summed E-state index contributed by atoms with van der Waals surface area (Å²) in [7, 11) is 1.59. The number of carbonyl (C=O) groups is 4. The van der Waals surface area contributed by atoms with Gasteiger partial charge in [-0.25, -0.2) is 9.78 Å². The third-order valence-electron chi connectivity index (χ3n) is 7.97. The number of nitrogens with one attached hydrogen (secondary N) is 2. The Balaban J connectivity index is 1.58. The molecule has 2 aliphatic rings. The molecule has 1 aromatic carbocycles. The standard InChI is InChI=1S/C36H48N4O7/c1-9-22-19-29(22)38-31(42)30-20-26(46-32-27-12-11-25(45-8)18-23(27)15-17-37-32)21-40(30)33(43)28(39-34(44)47-36(5,6)7)13-10-24(41)14-16-35(2,3)4/h9,11-12,14-18,22,26,28-30H,1,10,13,19-21H2,2-8H3,(H,38,42)(H,39,44). The van der Waals surface area contributed by atoms with Gasteiger partial charge in [-0.15, -0.1) is 6.58 Å². The topological polar surface area (TPSA) is 136 Å². The first-order valence-corrected chi connectivity index (χ1v) is 16.1. The fourth-order valence-electron chi connectivity index (χ4n) is 5.42. The fourth-order valence-corrected chi connectivity index (χ4v) is 5.42. The van der Waals surface area contributed by atoms with Gasteiger partial charge in [-0.1, -0.05) is 32.9 Å². The number of nitrogens with zero attached hydrogens (tertiary/aromatic N) is 2. The van der Waals surface area contributed by atoms with E-state index in [9.17, 15) is 19.2 Å². The highest BCUT2D eigenvalue weighted by atomic mass is 16.6. The zero-order valence-corrected chi connectivity index (χ0v) is 28.5. The molecule has 254 valence electrons. The van der Waals surface area contributed by atoms with Crippen LogP contribution in [-0.2, 0) is 19.1 Å². The number of hydrogen-bond acceptors (Lipinski definition) is 8. The Hall–Kier alpha value is -4.41. The summed E-state index contributed by atoms with van der Waals surface area (Å²) in [5, 5.41) is 7.33. The van der Waals surface area contributed by atoms with Crippen LogP contribution in [0.25, 0.3) is 10.8 Å². The highest BCUT2D eigenvalue weighted by molar-refractivity contribution is 5.94. The molecule has 1 saturated carbocycles. The number of ketones is 1. The molecular weight excluding hydrogens is 600 g/mol. The molecule has 0 spiro atoms. The smallest absolute Gasteiger partial charge is 0.408 e. The molecule has 1 aromatic heterocycles. The number of allylic oxidation sites excluding steroid dienone is 2. The Morgan fingerprint density at radius 2 is 1.85 bits per heavy atom. The van der Waals surface area contributed by atoms with Crippen molar-refractivity contribution < 1.29 is 33.4 Å². The van der Waals surface area contributed by atoms with E-state index in [1.165, 1.54) is 11.0 Å². The summed E-state index contributed by atoms with van der Waals surface area (Å²) in [4.78, 5) is 59.4. The molecule has 11 heteroatoms. The molecule has 1 aliphatic carbocycles. The first-order chi connectivity index (χ1) is 22.1. The van der Waals surface area contributed by atoms with Gasteiger partial charge in [0.1, 0.15) is 29.5 Å². The molecule has 1 saturated heterocycles. The van der Waals surface area contributed by atoms with Crippen LogP contribution in [0, 0.1) is 11.3 Å². The number of pyridine rings is 1. The van der Waals surface area contributed by atoms with E-state index in [2.05, 4.69) is 22.2 Å². The average molecular weight is 649 g/mol. The molecule has 4 rings (SSSR count). The van der Waals surface area contributed by atoms with E-state index in [0.717, 1.165) is 17.2 Å². The molecule has 47 heavy (non-hydrogen) atoms. The second kappa shape index (κ2) is 14.6. The van der Waals surface area contributed by atoms with Crippen molar-refractivity contribution in [3.63, 3.8) is 0 Å². The number of aromatic nitrogens is 1. The maximum Gasteiger partial charge on any atom is 0.408 e. The molecule has 2 N–H and O–H groups in total. The fraction of sp³-hybridized carbons (Fsp3) is 0.528. The van der Waals surface area contributed by atoms with Gasteiger partial charge < -0.3 is 29.7 Å². The van der Waals surface area contributed by atoms with E-state index in [1.54, 1.807) is 34.1 Å². The van der Waals surface area contributed by atoms with E-state index in [1.807, 2.05) is 57.2 Å². The highest BCUT2D eigenvalue weighted by Gasteiger charge is 2.46. The summed E-state index contributed by atoms with van der Waals surface area (Å²) in [6.45, 7) is 15.0. The number of hydrogen-bond donors (Lipinski definition) is 2. The van der Waals surface area contributed by atoms with Gasteiger partial charge in [-0.3, -0.25) is 14.4 Å². The second-order valence-electron chi connectivity index (χ2n) is 14.3. The summed E-state index contributed by atoms with van der Waals surface area (Å²) in [5.74, 6) is 0.261. The van der Waals surface area contributed by atoms with Crippen LogP contribution in [0.5, 0.6) is 11.6 Å². The number of amides is 3. The van der Waals surface area contributed by atoms with Crippen molar-refractivity contribution in [2.75, 3.05) is 13.7 Å². The van der Waals surface area contributed by atoms with Crippen LogP contribution in [-0.4, -0.2) is 77.1 Å². The Kier molecular flexibility index (Phi) is 11.0. The van der Waals surface area contributed by atoms with Crippen LogP contribution in [0.3, 0.4) is 0 Å². The molecular formula is C36H48N4O7. The van der Waals surface area contributed by atoms with Crippen LogP contribution in [0.4, 0.5) is 4.79 Å². The molecule has 3 amide bonds. The second-order valence-corrected chi connectivity index (χ2v) is 14.3. The van der Waals surface area contributed by atoms with Gasteiger partial charge >= 0.3 is 6.09 Å². The van der Waals surface area contributed by atoms with Crippen molar-refractivity contribution in [2.24, 2.45) is 11.3 Å². The molecule has 11 nitrogen and oxygen atoms in total. The lowest BCUT2D eigenvalue weighted by Gasteiger charge is -2.29. The molecule has 1 aliphatic heterocycles. The Bertz CT molecular complexity index is 1520. The lowest BCUT2D eigenvalue weighted by Crippen LogP contribution is -2.54. The van der Waals surface area contributed by atoms with Gasteiger partial charge in [-0.05, 0) is 80.7 Å². The van der Waals surface area contributed by atoms with Crippen LogP contribution in [0.15, 0.2) is 55.3 Å². The van der Waals surface area contributed by atoms with Crippen LogP contribution in [0.2, 0.25) is 0 Å². The summed E-state index contributed by atoms with van der Waals surface area (Å²) in [6.07, 6.45) is 6.42. The molecule has 5 atom stereocenters. The third kappa shape index (κ3) is 10.0. The number of ether oxygens (including phenoxy) is 3. The summed E-state index contributed by atoms with van der Waals surface area (Å²) in [6, 6.07) is 5.36. The normalized spacial score (nSPS) is 21.6. The number of benzene rings is 1. The zero-order chi connectivity index (χ0) is 34.5. The largest absolute Gasteiger partial charge is 0.497 e. The van der Waals surface area contributed by atoms with E-state index in [0.29, 0.717) is 11.6 Å².